The first kappa shape index (κ1) is 31.1. The molecule has 4 N–H and O–H groups in total. The van der Waals surface area contributed by atoms with E-state index >= 15 is 4.39 Å². The summed E-state index contributed by atoms with van der Waals surface area (Å²) >= 11 is 6.02. The first-order chi connectivity index (χ1) is 21.8. The number of carbonyl (C=O) groups is 2. The van der Waals surface area contributed by atoms with Crippen LogP contribution in [0.25, 0.3) is 22.4 Å². The van der Waals surface area contributed by atoms with Gasteiger partial charge in [-0.3, -0.25) is 9.59 Å². The fourth-order valence-electron chi connectivity index (χ4n) is 5.38. The van der Waals surface area contributed by atoms with E-state index in [2.05, 4.69) is 15.3 Å². The summed E-state index contributed by atoms with van der Waals surface area (Å²) in [7, 11) is 0. The number of nitrogens with two attached hydrogens (primary N) is 1. The number of oxazole rings is 1. The molecular weight excluding hydrogens is 618 g/mol. The SMILES string of the molecule is CC(C)c1nc2ccc(C(=O)NC[C@@](O)(c3ccccc3)c3cc4c(c(-c5cc(Cl)c(F)cc5F)n3)OC[C@]4(C)C(N)=O)cc2o1. The molecular formula is C34H29ClF2N4O5. The van der Waals surface area contributed by atoms with E-state index in [-0.39, 0.29) is 51.4 Å². The average Bonchev–Trinajstić information content (AvgIpc) is 3.63. The molecule has 3 heterocycles. The van der Waals surface area contributed by atoms with Gasteiger partial charge in [0.1, 0.15) is 46.2 Å². The number of fused-ring (bicyclic) bond motifs is 2. The number of nitrogens with one attached hydrogen (secondary N) is 1. The lowest BCUT2D eigenvalue weighted by Gasteiger charge is -2.30. The van der Waals surface area contributed by atoms with Crippen LogP contribution in [0.4, 0.5) is 8.78 Å². The Balaban J connectivity index is 1.47. The number of pyridine rings is 1. The number of halogens is 3. The Labute approximate surface area is 267 Å². The second-order valence-electron chi connectivity index (χ2n) is 11.8. The van der Waals surface area contributed by atoms with Gasteiger partial charge in [-0.05, 0) is 42.8 Å². The van der Waals surface area contributed by atoms with Crippen LogP contribution >= 0.6 is 11.6 Å². The van der Waals surface area contributed by atoms with E-state index in [9.17, 15) is 19.1 Å². The highest BCUT2D eigenvalue weighted by Crippen LogP contribution is 2.47. The van der Waals surface area contributed by atoms with Crippen LogP contribution in [0.2, 0.25) is 5.02 Å². The second-order valence-corrected chi connectivity index (χ2v) is 12.2. The highest BCUT2D eigenvalue weighted by atomic mass is 35.5. The molecule has 2 atom stereocenters. The number of hydrogen-bond donors (Lipinski definition) is 3. The summed E-state index contributed by atoms with van der Waals surface area (Å²) in [6, 6.07) is 16.3. The lowest BCUT2D eigenvalue weighted by Crippen LogP contribution is -2.43. The molecule has 0 saturated carbocycles. The molecule has 1 aliphatic rings. The van der Waals surface area contributed by atoms with Crippen LogP contribution in [0.1, 0.15) is 59.8 Å². The molecule has 0 aliphatic carbocycles. The molecule has 0 spiro atoms. The Hall–Kier alpha value is -4.87. The van der Waals surface area contributed by atoms with E-state index in [1.165, 1.54) is 6.07 Å². The van der Waals surface area contributed by atoms with Crippen molar-refractivity contribution in [1.82, 2.24) is 15.3 Å². The monoisotopic (exact) mass is 646 g/mol. The van der Waals surface area contributed by atoms with Gasteiger partial charge in [0.15, 0.2) is 11.5 Å². The van der Waals surface area contributed by atoms with Crippen LogP contribution in [-0.2, 0) is 15.8 Å². The lowest BCUT2D eigenvalue weighted by molar-refractivity contribution is -0.123. The predicted octanol–water partition coefficient (Wildman–Crippen LogP) is 5.75. The van der Waals surface area contributed by atoms with Crippen molar-refractivity contribution in [2.45, 2.75) is 37.7 Å². The van der Waals surface area contributed by atoms with Crippen molar-refractivity contribution in [1.29, 1.82) is 0 Å². The van der Waals surface area contributed by atoms with Crippen molar-refractivity contribution in [3.8, 4) is 17.0 Å². The number of hydrogen-bond acceptors (Lipinski definition) is 7. The molecule has 12 heteroatoms. The van der Waals surface area contributed by atoms with Gasteiger partial charge in [0.25, 0.3) is 5.91 Å². The quantitative estimate of drug-likeness (QED) is 0.182. The van der Waals surface area contributed by atoms with Gasteiger partial charge in [0, 0.05) is 28.7 Å². The van der Waals surface area contributed by atoms with Gasteiger partial charge in [0.2, 0.25) is 5.91 Å². The number of rotatable bonds is 8. The van der Waals surface area contributed by atoms with Crippen molar-refractivity contribution < 1.29 is 32.6 Å². The van der Waals surface area contributed by atoms with Gasteiger partial charge in [-0.1, -0.05) is 55.8 Å². The molecule has 46 heavy (non-hydrogen) atoms. The Bertz CT molecular complexity index is 2020. The zero-order valence-electron chi connectivity index (χ0n) is 25.0. The predicted molar refractivity (Wildman–Crippen MR) is 167 cm³/mol. The van der Waals surface area contributed by atoms with Gasteiger partial charge in [0.05, 0.1) is 17.3 Å². The Morgan fingerprint density at radius 3 is 2.52 bits per heavy atom. The van der Waals surface area contributed by atoms with E-state index in [1.54, 1.807) is 55.5 Å². The summed E-state index contributed by atoms with van der Waals surface area (Å²) < 4.78 is 41.0. The summed E-state index contributed by atoms with van der Waals surface area (Å²) in [6.07, 6.45) is 0. The molecule has 0 fully saturated rings. The summed E-state index contributed by atoms with van der Waals surface area (Å²) in [5.41, 5.74) is 3.82. The van der Waals surface area contributed by atoms with E-state index < -0.39 is 41.0 Å². The number of nitrogens with zero attached hydrogens (tertiary/aromatic N) is 2. The molecule has 0 radical (unpaired) electrons. The topological polar surface area (TPSA) is 141 Å². The number of ether oxygens (including phenoxy) is 1. The second kappa shape index (κ2) is 11.5. The van der Waals surface area contributed by atoms with Crippen LogP contribution in [0.5, 0.6) is 5.75 Å². The third-order valence-electron chi connectivity index (χ3n) is 8.22. The number of aromatic nitrogens is 2. The lowest BCUT2D eigenvalue weighted by atomic mass is 9.80. The van der Waals surface area contributed by atoms with Crippen LogP contribution in [-0.4, -0.2) is 40.0 Å². The molecule has 236 valence electrons. The van der Waals surface area contributed by atoms with Crippen molar-refractivity contribution in [2.24, 2.45) is 5.73 Å². The van der Waals surface area contributed by atoms with E-state index in [0.29, 0.717) is 28.6 Å². The van der Waals surface area contributed by atoms with Gasteiger partial charge in [-0.15, -0.1) is 0 Å². The minimum atomic E-state index is -2.02. The maximum Gasteiger partial charge on any atom is 0.251 e. The zero-order chi connectivity index (χ0) is 33.0. The van der Waals surface area contributed by atoms with Crippen LogP contribution in [0.15, 0.2) is 71.1 Å². The fourth-order valence-corrected chi connectivity index (χ4v) is 5.54. The molecule has 9 nitrogen and oxygen atoms in total. The molecule has 6 rings (SSSR count). The fraction of sp³-hybridized carbons (Fsp3) is 0.235. The molecule has 3 aromatic carbocycles. The van der Waals surface area contributed by atoms with Crippen LogP contribution in [0, 0.1) is 11.6 Å². The number of amides is 2. The minimum absolute atomic E-state index is 0.0344. The van der Waals surface area contributed by atoms with Crippen molar-refractivity contribution in [2.75, 3.05) is 13.2 Å². The highest BCUT2D eigenvalue weighted by Gasteiger charge is 2.46. The van der Waals surface area contributed by atoms with Gasteiger partial charge in [-0.2, -0.15) is 0 Å². The Kier molecular flexibility index (Phi) is 7.77. The standard InChI is InChI=1S/C34H29ClF2N4O5/c1-17(2)31-40-25-10-9-18(11-26(25)46-31)30(42)39-15-34(44,19-7-5-4-6-8-19)27-13-21-29(45-16-33(21,3)32(38)43)28(41-27)20-12-22(35)24(37)14-23(20)36/h4-14,17,44H,15-16H2,1-3H3,(H2,38,43)(H,39,42)/t33-,34+/m0/s1. The molecule has 0 saturated heterocycles. The largest absolute Gasteiger partial charge is 0.489 e. The van der Waals surface area contributed by atoms with Crippen LogP contribution < -0.4 is 15.8 Å². The molecule has 5 aromatic rings. The van der Waals surface area contributed by atoms with Gasteiger partial charge >= 0.3 is 0 Å². The number of primary amides is 1. The maximum atomic E-state index is 15.3. The zero-order valence-corrected chi connectivity index (χ0v) is 25.8. The first-order valence-electron chi connectivity index (χ1n) is 14.4. The normalized spacial score (nSPS) is 17.0. The number of aliphatic hydroxyl groups is 1. The van der Waals surface area contributed by atoms with Crippen molar-refractivity contribution in [3.63, 3.8) is 0 Å². The van der Waals surface area contributed by atoms with Crippen LogP contribution in [0.3, 0.4) is 0 Å². The van der Waals surface area contributed by atoms with Gasteiger partial charge < -0.3 is 25.3 Å². The first-order valence-corrected chi connectivity index (χ1v) is 14.8. The summed E-state index contributed by atoms with van der Waals surface area (Å²) in [5.74, 6) is -2.61. The minimum Gasteiger partial charge on any atom is -0.489 e. The number of carbonyl (C=O) groups excluding carboxylic acids is 2. The third kappa shape index (κ3) is 5.25. The summed E-state index contributed by atoms with van der Waals surface area (Å²) in [4.78, 5) is 35.2. The summed E-state index contributed by atoms with van der Waals surface area (Å²) in [6.45, 7) is 4.86. The third-order valence-corrected chi connectivity index (χ3v) is 8.51. The van der Waals surface area contributed by atoms with E-state index in [4.69, 9.17) is 26.5 Å². The van der Waals surface area contributed by atoms with E-state index in [0.717, 1.165) is 6.07 Å². The Morgan fingerprint density at radius 2 is 1.83 bits per heavy atom. The molecule has 2 amide bonds. The molecule has 0 unspecified atom stereocenters. The molecule has 2 aromatic heterocycles. The van der Waals surface area contributed by atoms with Gasteiger partial charge in [-0.25, -0.2) is 18.7 Å². The molecule has 0 bridgehead atoms. The van der Waals surface area contributed by atoms with Crippen molar-refractivity contribution >= 4 is 34.5 Å². The molecule has 1 aliphatic heterocycles. The number of benzene rings is 3. The van der Waals surface area contributed by atoms with Crippen molar-refractivity contribution in [3.05, 3.63) is 112 Å². The highest BCUT2D eigenvalue weighted by molar-refractivity contribution is 6.31. The Morgan fingerprint density at radius 1 is 1.09 bits per heavy atom. The maximum absolute atomic E-state index is 15.3. The summed E-state index contributed by atoms with van der Waals surface area (Å²) in [5, 5.41) is 14.8. The smallest absolute Gasteiger partial charge is 0.251 e. The average molecular weight is 647 g/mol. The van der Waals surface area contributed by atoms with E-state index in [1.807, 2.05) is 13.8 Å².